The number of hydrogen-bond donors (Lipinski definition) is 3. The number of Topliss-reactive ketones (excluding diaryl/α,β-unsaturated/α-hetero) is 3. The van der Waals surface area contributed by atoms with Crippen LogP contribution in [-0.4, -0.2) is 145 Å². The van der Waals surface area contributed by atoms with Gasteiger partial charge in [-0.2, -0.15) is 0 Å². The second-order valence-corrected chi connectivity index (χ2v) is 19.2. The molecule has 15 heteroatoms. The van der Waals surface area contributed by atoms with Gasteiger partial charge in [-0.25, -0.2) is 4.79 Å². The Balaban J connectivity index is 1.85. The van der Waals surface area contributed by atoms with Gasteiger partial charge >= 0.3 is 5.97 Å². The number of piperidine rings is 1. The maximum absolute atomic E-state index is 14.7. The second-order valence-electron chi connectivity index (χ2n) is 19.2. The number of nitrogens with zero attached hydrogens (tertiary/aromatic N) is 1. The van der Waals surface area contributed by atoms with Crippen LogP contribution in [0.5, 0.6) is 0 Å². The number of amides is 1. The van der Waals surface area contributed by atoms with Crippen molar-refractivity contribution in [3.05, 3.63) is 47.6 Å². The molecule has 3 aliphatic heterocycles. The first kappa shape index (κ1) is 43.2. The molecule has 0 aromatic carbocycles. The minimum absolute atomic E-state index is 0.0501. The lowest BCUT2D eigenvalue weighted by Gasteiger charge is -2.42. The van der Waals surface area contributed by atoms with Crippen LogP contribution in [0.3, 0.4) is 0 Å². The van der Waals surface area contributed by atoms with Crippen LogP contribution in [0.25, 0.3) is 0 Å². The molecular formula is C54H85NO14. The molecule has 2 saturated heterocycles. The van der Waals surface area contributed by atoms with Gasteiger partial charge in [0.15, 0.2) is 5.78 Å². The summed E-state index contributed by atoms with van der Waals surface area (Å²) in [5.74, 6) is -18.3. The van der Waals surface area contributed by atoms with Gasteiger partial charge in [-0.1, -0.05) is 77.9 Å². The summed E-state index contributed by atoms with van der Waals surface area (Å²) in [6, 6.07) is -1.49. The van der Waals surface area contributed by atoms with Crippen molar-refractivity contribution in [3.63, 3.8) is 0 Å². The van der Waals surface area contributed by atoms with Gasteiger partial charge < -0.3 is 48.6 Å². The smallest absolute Gasteiger partial charge is 0.329 e. The summed E-state index contributed by atoms with van der Waals surface area (Å²) in [6.45, 7) is 0.362. The second kappa shape index (κ2) is 27.4. The highest BCUT2D eigenvalue weighted by molar-refractivity contribution is 6.39. The lowest BCUT2D eigenvalue weighted by Crippen LogP contribution is -2.61. The maximum Gasteiger partial charge on any atom is 0.329 e. The zero-order valence-corrected chi connectivity index (χ0v) is 42.0. The Morgan fingerprint density at radius 1 is 0.957 bits per heavy atom. The van der Waals surface area contributed by atoms with E-state index in [1.165, 1.54) is 61.0 Å². The lowest BCUT2D eigenvalue weighted by atomic mass is 9.78. The van der Waals surface area contributed by atoms with E-state index in [0.29, 0.717) is 24.8 Å². The summed E-state index contributed by atoms with van der Waals surface area (Å²) < 4.78 is 127. The topological polar surface area (TPSA) is 205 Å². The Morgan fingerprint density at radius 2 is 1.70 bits per heavy atom. The maximum atomic E-state index is 14.7. The van der Waals surface area contributed by atoms with Crippen molar-refractivity contribution < 1.29 is 82.8 Å². The number of cyclic esters (lactones) is 1. The van der Waals surface area contributed by atoms with Crippen molar-refractivity contribution in [1.29, 1.82) is 0 Å². The Labute approximate surface area is 426 Å². The van der Waals surface area contributed by atoms with Crippen LogP contribution < -0.4 is 0 Å². The van der Waals surface area contributed by atoms with Crippen LogP contribution >= 0.6 is 0 Å². The van der Waals surface area contributed by atoms with Gasteiger partial charge in [-0.3, -0.25) is 19.2 Å². The Hall–Kier alpha value is -3.41. The highest BCUT2D eigenvalue weighted by Gasteiger charge is 2.53. The van der Waals surface area contributed by atoms with Crippen molar-refractivity contribution in [1.82, 2.24) is 4.90 Å². The molecule has 390 valence electrons. The first-order valence-corrected chi connectivity index (χ1v) is 24.1. The van der Waals surface area contributed by atoms with E-state index in [1.54, 1.807) is 32.1 Å². The van der Waals surface area contributed by atoms with E-state index in [-0.39, 0.29) is 56.6 Å². The van der Waals surface area contributed by atoms with Gasteiger partial charge in [0.25, 0.3) is 11.7 Å². The molecule has 3 heterocycles. The lowest BCUT2D eigenvalue weighted by molar-refractivity contribution is -0.265. The van der Waals surface area contributed by atoms with Gasteiger partial charge in [0, 0.05) is 68.1 Å². The normalized spacial score (nSPS) is 45.7. The van der Waals surface area contributed by atoms with Crippen molar-refractivity contribution >= 4 is 29.2 Å². The quantitative estimate of drug-likeness (QED) is 0.129. The molecule has 4 rings (SSSR count). The zero-order chi connectivity index (χ0) is 60.9. The third kappa shape index (κ3) is 15.3. The number of allylic oxidation sites excluding steroid dienone is 6. The standard InChI is InChI=1S/C54H85NO14/c1-32-17-13-12-14-18-33(2)45(64-9)30-41-22-20-37(6)54(63,69-41)51(60)52(61)55-24-16-15-19-42(55)53(62)68-46(35(4)28-40-21-23-44(67-26-25-56)47(29-40)65-10)31-43(57)34(3)27-36(5)48(58)50(66-11)49(59)39(8)38(32)7/h12-14,17-18,27,32,34-35,37-42,44-48,50,56,58,63H,15-16,19-26,28-31H2,1-11H3/b14-12+,17-13+,33-18+,36-27+/t32-,34-,35-,37-,38?,39-,40+,41+,42+,44-,45+,46+,47-,48-,50-,54-/m1/s1/i3D3,20D2,25D2,26D2,32D,38D. The van der Waals surface area contributed by atoms with Gasteiger partial charge in [-0.05, 0) is 106 Å². The molecule has 0 radical (unpaired) electrons. The van der Waals surface area contributed by atoms with Gasteiger partial charge in [0.05, 0.1) is 43.0 Å². The number of ketones is 3. The Morgan fingerprint density at radius 3 is 2.36 bits per heavy atom. The molecule has 16 atom stereocenters. The third-order valence-corrected chi connectivity index (χ3v) is 14.5. The van der Waals surface area contributed by atoms with Crippen LogP contribution in [0, 0.1) is 41.4 Å². The number of carbonyl (C=O) groups is 5. The molecule has 1 amide bonds. The number of aliphatic hydroxyl groups is 3. The van der Waals surface area contributed by atoms with E-state index in [2.05, 4.69) is 0 Å². The number of carbonyl (C=O) groups excluding carboxylic acids is 5. The molecule has 1 unspecified atom stereocenters. The van der Waals surface area contributed by atoms with Crippen molar-refractivity contribution in [3.8, 4) is 0 Å². The molecule has 0 aromatic rings. The number of aliphatic hydroxyl groups excluding tert-OH is 1. The Bertz CT molecular complexity index is 2320. The van der Waals surface area contributed by atoms with Crippen molar-refractivity contribution in [2.24, 2.45) is 41.4 Å². The molecule has 15 nitrogen and oxygen atoms in total. The van der Waals surface area contributed by atoms with E-state index in [0.717, 1.165) is 18.1 Å². The summed E-state index contributed by atoms with van der Waals surface area (Å²) in [4.78, 5) is 73.4. The first-order chi connectivity index (χ1) is 36.7. The number of hydrogen-bond acceptors (Lipinski definition) is 14. The largest absolute Gasteiger partial charge is 0.460 e. The first-order valence-electron chi connectivity index (χ1n) is 29.6. The molecule has 69 heavy (non-hydrogen) atoms. The van der Waals surface area contributed by atoms with E-state index in [4.69, 9.17) is 40.8 Å². The number of fused-ring (bicyclic) bond motifs is 3. The minimum Gasteiger partial charge on any atom is -0.460 e. The van der Waals surface area contributed by atoms with E-state index >= 15 is 0 Å². The van der Waals surface area contributed by atoms with Crippen LogP contribution in [0.1, 0.15) is 141 Å². The molecule has 2 bridgehead atoms. The van der Waals surface area contributed by atoms with Crippen molar-refractivity contribution in [2.75, 3.05) is 41.0 Å². The van der Waals surface area contributed by atoms with Crippen LogP contribution in [-0.2, 0) is 52.4 Å². The predicted octanol–water partition coefficient (Wildman–Crippen LogP) is 6.44. The molecule has 4 aliphatic rings. The highest BCUT2D eigenvalue weighted by Crippen LogP contribution is 2.38. The molecule has 0 aromatic heterocycles. The monoisotopic (exact) mass is 983 g/mol. The van der Waals surface area contributed by atoms with Crippen LogP contribution in [0.4, 0.5) is 0 Å². The summed E-state index contributed by atoms with van der Waals surface area (Å²) in [6.07, 6.45) is -2.01. The summed E-state index contributed by atoms with van der Waals surface area (Å²) >= 11 is 0. The van der Waals surface area contributed by atoms with Gasteiger partial charge in [0.2, 0.25) is 5.79 Å². The molecule has 1 aliphatic carbocycles. The van der Waals surface area contributed by atoms with Gasteiger partial charge in [0.1, 0.15) is 30.1 Å². The number of methoxy groups -OCH3 is 3. The molecule has 0 spiro atoms. The fourth-order valence-electron chi connectivity index (χ4n) is 9.71. The summed E-state index contributed by atoms with van der Waals surface area (Å²) in [5.41, 5.74) is 0.437. The Kier molecular flexibility index (Phi) is 17.2. The number of esters is 1. The molecular weight excluding hydrogens is 887 g/mol. The number of rotatable bonds is 9. The predicted molar refractivity (Wildman–Crippen MR) is 261 cm³/mol. The molecule has 3 fully saturated rings. The van der Waals surface area contributed by atoms with E-state index in [1.807, 2.05) is 0 Å². The summed E-state index contributed by atoms with van der Waals surface area (Å²) in [5, 5.41) is 33.7. The van der Waals surface area contributed by atoms with E-state index < -0.39 is 152 Å². The van der Waals surface area contributed by atoms with Gasteiger partial charge in [-0.15, -0.1) is 0 Å². The molecule has 1 saturated carbocycles. The fourth-order valence-corrected chi connectivity index (χ4v) is 9.71. The zero-order valence-electron chi connectivity index (χ0n) is 53.0. The van der Waals surface area contributed by atoms with Crippen molar-refractivity contribution in [2.45, 2.75) is 180 Å². The average Bonchev–Trinajstić information content (AvgIpc) is 3.41. The van der Waals surface area contributed by atoms with Crippen LogP contribution in [0.15, 0.2) is 47.6 Å². The summed E-state index contributed by atoms with van der Waals surface area (Å²) in [7, 11) is 3.88. The average molecular weight is 983 g/mol. The SMILES string of the molecule is [2H]C([2H])([2H])[C@@H]1/C=C(\C)[C@@H](O)[C@@H](OC)C(=O)[C@H](C)C([2H])(C)[C@]([2H])(C)/C=C/C=C/C=C(\C)[C@@H](OC)C[C@@H]2CC([2H])([2H])[C@@H](C)[C@@](O)(O2)C(=O)C(=O)N2CCCC[C@H]2C(=O)O[C@H]([C@H](C)C[C@@H]2CC[C@@H](OC([2H])([2H])C([2H])([2H])O)[C@H](OC)C2)CC1=O. The van der Waals surface area contributed by atoms with E-state index in [9.17, 15) is 42.0 Å². The molecule has 3 N–H and O–H groups in total. The highest BCUT2D eigenvalue weighted by atomic mass is 16.6. The fraction of sp³-hybridized carbons (Fsp3) is 0.759. The third-order valence-electron chi connectivity index (χ3n) is 14.5. The minimum atomic E-state index is -3.35. The van der Waals surface area contributed by atoms with Crippen LogP contribution in [0.2, 0.25) is 0 Å². The number of ether oxygens (including phenoxy) is 6.